The molecule has 0 saturated heterocycles. The third-order valence-electron chi connectivity index (χ3n) is 3.13. The first kappa shape index (κ1) is 14.7. The number of methoxy groups -OCH3 is 1. The maximum atomic E-state index is 11.2. The number of aromatic carboxylic acids is 1. The van der Waals surface area contributed by atoms with Crippen molar-refractivity contribution in [1.82, 2.24) is 0 Å². The Hall–Kier alpha value is -1.75. The zero-order valence-corrected chi connectivity index (χ0v) is 12.2. The molecule has 2 rings (SSSR count). The highest BCUT2D eigenvalue weighted by Crippen LogP contribution is 2.41. The van der Waals surface area contributed by atoms with Gasteiger partial charge in [-0.2, -0.15) is 0 Å². The van der Waals surface area contributed by atoms with Crippen LogP contribution in [0.15, 0.2) is 12.1 Å². The highest BCUT2D eigenvalue weighted by atomic mass is 16.5. The standard InChI is InChI=1S/C15H20O5/c1-9(8-18-4)19-12-5-10(14(16)17)6-13-11(12)7-15(2,3)20-13/h5-6,9H,7-8H2,1-4H3,(H,16,17). The molecular weight excluding hydrogens is 260 g/mol. The van der Waals surface area contributed by atoms with E-state index in [0.717, 1.165) is 5.56 Å². The molecule has 0 fully saturated rings. The smallest absolute Gasteiger partial charge is 0.335 e. The van der Waals surface area contributed by atoms with E-state index in [1.807, 2.05) is 20.8 Å². The largest absolute Gasteiger partial charge is 0.488 e. The van der Waals surface area contributed by atoms with Crippen LogP contribution in [0.1, 0.15) is 36.7 Å². The van der Waals surface area contributed by atoms with Crippen molar-refractivity contribution in [3.63, 3.8) is 0 Å². The van der Waals surface area contributed by atoms with Crippen molar-refractivity contribution in [3.05, 3.63) is 23.3 Å². The number of fused-ring (bicyclic) bond motifs is 1. The highest BCUT2D eigenvalue weighted by Gasteiger charge is 2.34. The summed E-state index contributed by atoms with van der Waals surface area (Å²) in [5.74, 6) is 0.162. The lowest BCUT2D eigenvalue weighted by Gasteiger charge is -2.17. The van der Waals surface area contributed by atoms with Gasteiger partial charge >= 0.3 is 5.97 Å². The van der Waals surface area contributed by atoms with Crippen LogP contribution >= 0.6 is 0 Å². The summed E-state index contributed by atoms with van der Waals surface area (Å²) in [6, 6.07) is 3.11. The Balaban J connectivity index is 2.37. The fourth-order valence-corrected chi connectivity index (χ4v) is 2.36. The maximum absolute atomic E-state index is 11.2. The summed E-state index contributed by atoms with van der Waals surface area (Å²) < 4.78 is 16.6. The molecule has 0 aromatic heterocycles. The molecule has 1 atom stereocenters. The van der Waals surface area contributed by atoms with Gasteiger partial charge in [0, 0.05) is 19.1 Å². The summed E-state index contributed by atoms with van der Waals surface area (Å²) >= 11 is 0. The molecule has 1 aromatic carbocycles. The molecule has 1 aromatic rings. The summed E-state index contributed by atoms with van der Waals surface area (Å²) in [5, 5.41) is 9.17. The molecule has 0 amide bonds. The van der Waals surface area contributed by atoms with Crippen LogP contribution in [-0.2, 0) is 11.2 Å². The molecule has 1 unspecified atom stereocenters. The van der Waals surface area contributed by atoms with Crippen LogP contribution in [0.25, 0.3) is 0 Å². The van der Waals surface area contributed by atoms with Gasteiger partial charge in [0.25, 0.3) is 0 Å². The average molecular weight is 280 g/mol. The number of hydrogen-bond donors (Lipinski definition) is 1. The fraction of sp³-hybridized carbons (Fsp3) is 0.533. The second kappa shape index (κ2) is 5.32. The maximum Gasteiger partial charge on any atom is 0.335 e. The van der Waals surface area contributed by atoms with Crippen molar-refractivity contribution >= 4 is 5.97 Å². The number of carboxylic acid groups (broad SMARTS) is 1. The zero-order chi connectivity index (χ0) is 14.9. The zero-order valence-electron chi connectivity index (χ0n) is 12.2. The molecule has 5 heteroatoms. The van der Waals surface area contributed by atoms with Crippen LogP contribution < -0.4 is 9.47 Å². The Kier molecular flexibility index (Phi) is 3.90. The molecule has 0 bridgehead atoms. The molecular formula is C15H20O5. The first-order valence-electron chi connectivity index (χ1n) is 6.57. The van der Waals surface area contributed by atoms with Crippen molar-refractivity contribution in [3.8, 4) is 11.5 Å². The van der Waals surface area contributed by atoms with E-state index >= 15 is 0 Å². The Morgan fingerprint density at radius 1 is 1.50 bits per heavy atom. The Morgan fingerprint density at radius 2 is 2.20 bits per heavy atom. The Morgan fingerprint density at radius 3 is 2.80 bits per heavy atom. The number of carbonyl (C=O) groups is 1. The van der Waals surface area contributed by atoms with E-state index in [2.05, 4.69) is 0 Å². The second-order valence-corrected chi connectivity index (χ2v) is 5.68. The molecule has 1 aliphatic heterocycles. The van der Waals surface area contributed by atoms with Crippen LogP contribution in [0.4, 0.5) is 0 Å². The first-order chi connectivity index (χ1) is 9.32. The lowest BCUT2D eigenvalue weighted by molar-refractivity contribution is 0.0693. The topological polar surface area (TPSA) is 65.0 Å². The molecule has 110 valence electrons. The van der Waals surface area contributed by atoms with E-state index in [0.29, 0.717) is 24.5 Å². The molecule has 1 heterocycles. The van der Waals surface area contributed by atoms with Gasteiger partial charge in [-0.15, -0.1) is 0 Å². The fourth-order valence-electron chi connectivity index (χ4n) is 2.36. The summed E-state index contributed by atoms with van der Waals surface area (Å²) in [4.78, 5) is 11.2. The van der Waals surface area contributed by atoms with Crippen molar-refractivity contribution in [2.24, 2.45) is 0 Å². The van der Waals surface area contributed by atoms with E-state index in [1.54, 1.807) is 19.2 Å². The molecule has 0 radical (unpaired) electrons. The van der Waals surface area contributed by atoms with Crippen molar-refractivity contribution in [2.45, 2.75) is 38.9 Å². The summed E-state index contributed by atoms with van der Waals surface area (Å²) in [5.41, 5.74) is 0.742. The summed E-state index contributed by atoms with van der Waals surface area (Å²) in [6.07, 6.45) is 0.536. The molecule has 0 aliphatic carbocycles. The normalized spacial score (nSPS) is 17.2. The number of benzene rings is 1. The van der Waals surface area contributed by atoms with Gasteiger partial charge in [0.05, 0.1) is 12.2 Å². The van der Waals surface area contributed by atoms with Crippen LogP contribution in [-0.4, -0.2) is 36.5 Å². The van der Waals surface area contributed by atoms with Crippen molar-refractivity contribution in [2.75, 3.05) is 13.7 Å². The second-order valence-electron chi connectivity index (χ2n) is 5.68. The molecule has 20 heavy (non-hydrogen) atoms. The van der Waals surface area contributed by atoms with Gasteiger partial charge in [0.2, 0.25) is 0 Å². The minimum Gasteiger partial charge on any atom is -0.488 e. The van der Waals surface area contributed by atoms with E-state index in [1.165, 1.54) is 0 Å². The Labute approximate surface area is 118 Å². The van der Waals surface area contributed by atoms with Crippen LogP contribution in [0, 0.1) is 0 Å². The predicted octanol–water partition coefficient (Wildman–Crippen LogP) is 2.51. The van der Waals surface area contributed by atoms with Gasteiger partial charge in [0.1, 0.15) is 23.2 Å². The molecule has 1 N–H and O–H groups in total. The summed E-state index contributed by atoms with van der Waals surface area (Å²) in [7, 11) is 1.60. The number of rotatable bonds is 5. The van der Waals surface area contributed by atoms with Crippen molar-refractivity contribution < 1.29 is 24.1 Å². The monoisotopic (exact) mass is 280 g/mol. The first-order valence-corrected chi connectivity index (χ1v) is 6.57. The quantitative estimate of drug-likeness (QED) is 0.897. The number of carboxylic acids is 1. The molecule has 1 aliphatic rings. The predicted molar refractivity (Wildman–Crippen MR) is 73.8 cm³/mol. The van der Waals surface area contributed by atoms with E-state index in [4.69, 9.17) is 14.2 Å². The van der Waals surface area contributed by atoms with Gasteiger partial charge in [-0.1, -0.05) is 0 Å². The van der Waals surface area contributed by atoms with Gasteiger partial charge in [-0.25, -0.2) is 4.79 Å². The SMILES string of the molecule is COCC(C)Oc1cc(C(=O)O)cc2c1CC(C)(C)O2. The summed E-state index contributed by atoms with van der Waals surface area (Å²) in [6.45, 7) is 6.26. The van der Waals surface area contributed by atoms with Gasteiger partial charge in [-0.3, -0.25) is 0 Å². The van der Waals surface area contributed by atoms with E-state index in [-0.39, 0.29) is 17.3 Å². The molecule has 0 saturated carbocycles. The minimum absolute atomic E-state index is 0.156. The van der Waals surface area contributed by atoms with Gasteiger partial charge in [0.15, 0.2) is 0 Å². The average Bonchev–Trinajstić information content (AvgIpc) is 2.63. The third-order valence-corrected chi connectivity index (χ3v) is 3.13. The van der Waals surface area contributed by atoms with Crippen LogP contribution in [0.2, 0.25) is 0 Å². The number of ether oxygens (including phenoxy) is 3. The molecule has 0 spiro atoms. The van der Waals surface area contributed by atoms with Crippen molar-refractivity contribution in [1.29, 1.82) is 0 Å². The van der Waals surface area contributed by atoms with Crippen LogP contribution in [0.3, 0.4) is 0 Å². The highest BCUT2D eigenvalue weighted by molar-refractivity contribution is 5.89. The number of hydrogen-bond acceptors (Lipinski definition) is 4. The van der Waals surface area contributed by atoms with E-state index in [9.17, 15) is 9.90 Å². The van der Waals surface area contributed by atoms with E-state index < -0.39 is 5.97 Å². The van der Waals surface area contributed by atoms with Gasteiger partial charge in [-0.05, 0) is 32.9 Å². The lowest BCUT2D eigenvalue weighted by Crippen LogP contribution is -2.25. The minimum atomic E-state index is -0.995. The third kappa shape index (κ3) is 3.04. The van der Waals surface area contributed by atoms with Gasteiger partial charge < -0.3 is 19.3 Å². The lowest BCUT2D eigenvalue weighted by atomic mass is 10.00. The Bertz CT molecular complexity index is 521. The molecule has 5 nitrogen and oxygen atoms in total. The van der Waals surface area contributed by atoms with Crippen LogP contribution in [0.5, 0.6) is 11.5 Å².